The van der Waals surface area contributed by atoms with Gasteiger partial charge < -0.3 is 14.8 Å². The highest BCUT2D eigenvalue weighted by atomic mass is 32.2. The smallest absolute Gasteiger partial charge is 0.348 e. The molecule has 0 saturated heterocycles. The van der Waals surface area contributed by atoms with Crippen LogP contribution < -0.4 is 14.8 Å². The number of nitrogens with one attached hydrogen (secondary N) is 2. The molecule has 1 aliphatic heterocycles. The van der Waals surface area contributed by atoms with Crippen molar-refractivity contribution >= 4 is 27.3 Å². The number of carbonyl (C=O) groups excluding carboxylic acids is 1. The molecule has 1 aliphatic rings. The Hall–Kier alpha value is -1.42. The minimum Gasteiger partial charge on any atom is -0.494 e. The normalized spacial score (nSPS) is 15.3. The molecule has 0 unspecified atom stereocenters. The standard InChI is InChI=1S/C13H18N2O5S2/c1-19-10-7-11(12(16)20-2)21-13(10)22(17,18)15-8-9-3-5-14-6-4-9/h3,7,14-15H,4-6,8H2,1-2H3. The molecule has 1 aromatic heterocycles. The fraction of sp³-hybridized carbons (Fsp3) is 0.462. The molecule has 22 heavy (non-hydrogen) atoms. The lowest BCUT2D eigenvalue weighted by Gasteiger charge is -2.14. The third-order valence-corrected chi connectivity index (χ3v) is 6.18. The van der Waals surface area contributed by atoms with Gasteiger partial charge in [0.2, 0.25) is 0 Å². The second-order valence-corrected chi connectivity index (χ2v) is 7.61. The van der Waals surface area contributed by atoms with Gasteiger partial charge in [-0.3, -0.25) is 0 Å². The molecule has 2 N–H and O–H groups in total. The summed E-state index contributed by atoms with van der Waals surface area (Å²) in [5.74, 6) is -0.456. The minimum atomic E-state index is -3.75. The van der Waals surface area contributed by atoms with Crippen molar-refractivity contribution in [2.24, 2.45) is 0 Å². The molecule has 0 amide bonds. The van der Waals surface area contributed by atoms with Gasteiger partial charge in [-0.05, 0) is 13.0 Å². The van der Waals surface area contributed by atoms with Crippen LogP contribution in [0.1, 0.15) is 16.1 Å². The summed E-state index contributed by atoms with van der Waals surface area (Å²) in [7, 11) is -1.15. The number of thiophene rings is 1. The number of hydrogen-bond acceptors (Lipinski definition) is 7. The lowest BCUT2D eigenvalue weighted by molar-refractivity contribution is 0.0606. The van der Waals surface area contributed by atoms with E-state index in [1.807, 2.05) is 6.08 Å². The van der Waals surface area contributed by atoms with Gasteiger partial charge in [0.05, 0.1) is 14.2 Å². The molecule has 7 nitrogen and oxygen atoms in total. The van der Waals surface area contributed by atoms with Crippen LogP contribution in [0.5, 0.6) is 5.75 Å². The average molecular weight is 346 g/mol. The first-order valence-corrected chi connectivity index (χ1v) is 8.92. The van der Waals surface area contributed by atoms with Crippen LogP contribution in [0.2, 0.25) is 0 Å². The number of hydrogen-bond donors (Lipinski definition) is 2. The average Bonchev–Trinajstić information content (AvgIpc) is 2.98. The summed E-state index contributed by atoms with van der Waals surface area (Å²) < 4.78 is 37.0. The zero-order chi connectivity index (χ0) is 16.2. The predicted octanol–water partition coefficient (Wildman–Crippen LogP) is 0.741. The molecule has 2 rings (SSSR count). The highest BCUT2D eigenvalue weighted by molar-refractivity contribution is 7.91. The fourth-order valence-corrected chi connectivity index (χ4v) is 4.55. The van der Waals surface area contributed by atoms with Crippen LogP contribution in [-0.2, 0) is 14.8 Å². The van der Waals surface area contributed by atoms with Gasteiger partial charge in [0.25, 0.3) is 10.0 Å². The van der Waals surface area contributed by atoms with Gasteiger partial charge in [-0.2, -0.15) is 0 Å². The molecule has 0 aromatic carbocycles. The Labute approximate surface area is 133 Å². The largest absolute Gasteiger partial charge is 0.494 e. The number of sulfonamides is 1. The number of carbonyl (C=O) groups is 1. The summed E-state index contributed by atoms with van der Waals surface area (Å²) in [5, 5.41) is 3.16. The molecule has 0 saturated carbocycles. The van der Waals surface area contributed by atoms with E-state index in [-0.39, 0.29) is 21.4 Å². The van der Waals surface area contributed by atoms with Crippen LogP contribution in [0.3, 0.4) is 0 Å². The molecule has 0 fully saturated rings. The monoisotopic (exact) mass is 346 g/mol. The van der Waals surface area contributed by atoms with Crippen LogP contribution in [0.15, 0.2) is 21.9 Å². The van der Waals surface area contributed by atoms with Gasteiger partial charge in [-0.15, -0.1) is 11.3 Å². The van der Waals surface area contributed by atoms with Crippen molar-refractivity contribution in [1.29, 1.82) is 0 Å². The first-order valence-electron chi connectivity index (χ1n) is 6.62. The number of rotatable bonds is 6. The third kappa shape index (κ3) is 3.86. The van der Waals surface area contributed by atoms with Crippen LogP contribution in [-0.4, -0.2) is 48.2 Å². The molecule has 0 aliphatic carbocycles. The van der Waals surface area contributed by atoms with E-state index in [2.05, 4.69) is 14.8 Å². The van der Waals surface area contributed by atoms with Crippen molar-refractivity contribution in [2.45, 2.75) is 10.6 Å². The van der Waals surface area contributed by atoms with Crippen LogP contribution in [0.4, 0.5) is 0 Å². The van der Waals surface area contributed by atoms with E-state index in [1.54, 1.807) is 0 Å². The first-order chi connectivity index (χ1) is 10.5. The Balaban J connectivity index is 2.19. The topological polar surface area (TPSA) is 93.7 Å². The van der Waals surface area contributed by atoms with E-state index in [1.165, 1.54) is 20.3 Å². The Kier molecular flexibility index (Phi) is 5.57. The quantitative estimate of drug-likeness (QED) is 0.583. The van der Waals surface area contributed by atoms with Crippen molar-refractivity contribution in [3.63, 3.8) is 0 Å². The van der Waals surface area contributed by atoms with Crippen molar-refractivity contribution in [3.05, 3.63) is 22.6 Å². The van der Waals surface area contributed by atoms with Crippen molar-refractivity contribution in [1.82, 2.24) is 10.0 Å². The second kappa shape index (κ2) is 7.23. The molecule has 0 spiro atoms. The van der Waals surface area contributed by atoms with Gasteiger partial charge in [0.1, 0.15) is 4.88 Å². The highest BCUT2D eigenvalue weighted by Crippen LogP contribution is 2.33. The minimum absolute atomic E-state index is 0.0232. The van der Waals surface area contributed by atoms with Gasteiger partial charge in [0, 0.05) is 19.2 Å². The molecule has 0 atom stereocenters. The maximum Gasteiger partial charge on any atom is 0.348 e. The van der Waals surface area contributed by atoms with E-state index in [4.69, 9.17) is 4.74 Å². The molecule has 0 radical (unpaired) electrons. The van der Waals surface area contributed by atoms with Gasteiger partial charge in [-0.1, -0.05) is 11.6 Å². The fourth-order valence-electron chi connectivity index (χ4n) is 1.97. The summed E-state index contributed by atoms with van der Waals surface area (Å²) in [6.07, 6.45) is 2.77. The zero-order valence-corrected chi connectivity index (χ0v) is 14.0. The SMILES string of the molecule is COC(=O)c1cc(OC)c(S(=O)(=O)NCC2=CCNCC2)s1. The second-order valence-electron chi connectivity index (χ2n) is 4.60. The highest BCUT2D eigenvalue weighted by Gasteiger charge is 2.26. The first kappa shape index (κ1) is 16.9. The number of ether oxygens (including phenoxy) is 2. The van der Waals surface area contributed by atoms with Crippen LogP contribution in [0.25, 0.3) is 0 Å². The van der Waals surface area contributed by atoms with E-state index in [0.717, 1.165) is 36.4 Å². The van der Waals surface area contributed by atoms with Crippen molar-refractivity contribution in [3.8, 4) is 5.75 Å². The van der Waals surface area contributed by atoms with E-state index < -0.39 is 16.0 Å². The Bertz CT molecular complexity index is 679. The third-order valence-electron chi connectivity index (χ3n) is 3.16. The van der Waals surface area contributed by atoms with E-state index in [9.17, 15) is 13.2 Å². The summed E-state index contributed by atoms with van der Waals surface area (Å²) in [5.41, 5.74) is 1.03. The molecular formula is C13H18N2O5S2. The number of methoxy groups -OCH3 is 2. The summed E-state index contributed by atoms with van der Waals surface area (Å²) in [4.78, 5) is 11.7. The lowest BCUT2D eigenvalue weighted by Crippen LogP contribution is -2.29. The van der Waals surface area contributed by atoms with Gasteiger partial charge in [0.15, 0.2) is 9.96 Å². The maximum absolute atomic E-state index is 12.4. The zero-order valence-electron chi connectivity index (χ0n) is 12.3. The molecule has 1 aromatic rings. The summed E-state index contributed by atoms with van der Waals surface area (Å²) >= 11 is 0.829. The molecule has 2 heterocycles. The molecule has 9 heteroatoms. The van der Waals surface area contributed by atoms with Gasteiger partial charge in [-0.25, -0.2) is 17.9 Å². The van der Waals surface area contributed by atoms with Crippen molar-refractivity contribution in [2.75, 3.05) is 33.9 Å². The summed E-state index contributed by atoms with van der Waals surface area (Å²) in [6, 6.07) is 1.37. The Morgan fingerprint density at radius 2 is 2.23 bits per heavy atom. The number of esters is 1. The molecule has 0 bridgehead atoms. The lowest BCUT2D eigenvalue weighted by atomic mass is 10.1. The van der Waals surface area contributed by atoms with Gasteiger partial charge >= 0.3 is 5.97 Å². The molecular weight excluding hydrogens is 328 g/mol. The van der Waals surface area contributed by atoms with E-state index >= 15 is 0 Å². The summed E-state index contributed by atoms with van der Waals surface area (Å²) in [6.45, 7) is 1.83. The maximum atomic E-state index is 12.4. The van der Waals surface area contributed by atoms with E-state index in [0.29, 0.717) is 0 Å². The predicted molar refractivity (Wildman–Crippen MR) is 83.0 cm³/mol. The molecule has 122 valence electrons. The van der Waals surface area contributed by atoms with Crippen LogP contribution >= 0.6 is 11.3 Å². The Morgan fingerprint density at radius 1 is 1.45 bits per heavy atom. The van der Waals surface area contributed by atoms with Crippen molar-refractivity contribution < 1.29 is 22.7 Å². The Morgan fingerprint density at radius 3 is 2.82 bits per heavy atom. The van der Waals surface area contributed by atoms with Crippen LogP contribution in [0, 0.1) is 0 Å².